The molecule has 1 amide bonds. The Labute approximate surface area is 154 Å². The largest absolute Gasteiger partial charge is 0.461 e. The Balaban J connectivity index is 2.07. The smallest absolute Gasteiger partial charge is 0.410 e. The predicted octanol–water partition coefficient (Wildman–Crippen LogP) is 3.36. The summed E-state index contributed by atoms with van der Waals surface area (Å²) in [7, 11) is 0. The lowest BCUT2D eigenvalue weighted by atomic mass is 10.2. The molecule has 0 aliphatic carbocycles. The van der Waals surface area contributed by atoms with Gasteiger partial charge in [-0.05, 0) is 41.5 Å². The number of aromatic nitrogens is 2. The molecule has 1 aliphatic heterocycles. The first-order chi connectivity index (χ1) is 11.5. The van der Waals surface area contributed by atoms with E-state index in [9.17, 15) is 4.79 Å². The molecule has 1 aromatic heterocycles. The lowest BCUT2D eigenvalue weighted by Crippen LogP contribution is -2.55. The van der Waals surface area contributed by atoms with E-state index < -0.39 is 5.60 Å². The number of nitrogens with zero attached hydrogens (tertiary/aromatic N) is 4. The van der Waals surface area contributed by atoms with E-state index in [0.29, 0.717) is 30.6 Å². The highest BCUT2D eigenvalue weighted by Gasteiger charge is 2.31. The number of ether oxygens (including phenoxy) is 2. The molecule has 0 bridgehead atoms. The zero-order chi connectivity index (χ0) is 18.8. The monoisotopic (exact) mass is 370 g/mol. The Morgan fingerprint density at radius 1 is 1.32 bits per heavy atom. The maximum Gasteiger partial charge on any atom is 0.410 e. The summed E-state index contributed by atoms with van der Waals surface area (Å²) in [6.45, 7) is 13.2. The second-order valence-electron chi connectivity index (χ2n) is 7.47. The average Bonchev–Trinajstić information content (AvgIpc) is 2.43. The first-order valence-electron chi connectivity index (χ1n) is 8.51. The first-order valence-corrected chi connectivity index (χ1v) is 8.89. The van der Waals surface area contributed by atoms with Crippen LogP contribution in [0.3, 0.4) is 0 Å². The van der Waals surface area contributed by atoms with Crippen LogP contribution < -0.4 is 9.64 Å². The normalized spacial score (nSPS) is 18.5. The van der Waals surface area contributed by atoms with Crippen LogP contribution in [0.25, 0.3) is 0 Å². The molecule has 140 valence electrons. The zero-order valence-corrected chi connectivity index (χ0v) is 16.5. The number of carbonyl (C=O) groups is 1. The van der Waals surface area contributed by atoms with Crippen molar-refractivity contribution in [2.45, 2.75) is 59.3 Å². The molecular formula is C17H27ClN4O3. The molecule has 0 radical (unpaired) electrons. The molecule has 8 heteroatoms. The second kappa shape index (κ2) is 7.64. The summed E-state index contributed by atoms with van der Waals surface area (Å²) < 4.78 is 11.0. The zero-order valence-electron chi connectivity index (χ0n) is 15.7. The molecule has 0 N–H and O–H groups in total. The molecule has 1 aliphatic rings. The number of hydrogen-bond acceptors (Lipinski definition) is 6. The minimum absolute atomic E-state index is 0.00759. The summed E-state index contributed by atoms with van der Waals surface area (Å²) in [6, 6.07) is 1.97. The molecule has 1 saturated heterocycles. The molecule has 1 aromatic rings. The predicted molar refractivity (Wildman–Crippen MR) is 97.4 cm³/mol. The molecule has 1 unspecified atom stereocenters. The highest BCUT2D eigenvalue weighted by Crippen LogP contribution is 2.23. The summed E-state index contributed by atoms with van der Waals surface area (Å²) in [4.78, 5) is 24.7. The number of hydrogen-bond donors (Lipinski definition) is 0. The van der Waals surface area contributed by atoms with Crippen molar-refractivity contribution in [2.75, 3.05) is 24.5 Å². The van der Waals surface area contributed by atoms with Crippen molar-refractivity contribution in [1.82, 2.24) is 14.9 Å². The van der Waals surface area contributed by atoms with Gasteiger partial charge in [0.1, 0.15) is 16.6 Å². The molecule has 1 atom stereocenters. The summed E-state index contributed by atoms with van der Waals surface area (Å²) in [6.07, 6.45) is -0.321. The van der Waals surface area contributed by atoms with E-state index >= 15 is 0 Å². The molecule has 0 saturated carbocycles. The van der Waals surface area contributed by atoms with Gasteiger partial charge >= 0.3 is 12.1 Å². The molecular weight excluding hydrogens is 344 g/mol. The van der Waals surface area contributed by atoms with E-state index in [1.165, 1.54) is 0 Å². The lowest BCUT2D eigenvalue weighted by Gasteiger charge is -2.40. The van der Waals surface area contributed by atoms with Gasteiger partial charge in [0.15, 0.2) is 0 Å². The Morgan fingerprint density at radius 2 is 2.00 bits per heavy atom. The van der Waals surface area contributed by atoms with Crippen LogP contribution in [0, 0.1) is 0 Å². The van der Waals surface area contributed by atoms with Gasteiger partial charge in [-0.3, -0.25) is 0 Å². The van der Waals surface area contributed by atoms with E-state index in [1.54, 1.807) is 11.0 Å². The number of piperazine rings is 1. The van der Waals surface area contributed by atoms with Gasteiger partial charge in [0.25, 0.3) is 0 Å². The van der Waals surface area contributed by atoms with Crippen molar-refractivity contribution in [3.63, 3.8) is 0 Å². The third kappa shape index (κ3) is 5.63. The average molecular weight is 371 g/mol. The maximum atomic E-state index is 12.3. The van der Waals surface area contributed by atoms with Gasteiger partial charge in [-0.15, -0.1) is 0 Å². The molecule has 7 nitrogen and oxygen atoms in total. The number of halogens is 1. The third-order valence-electron chi connectivity index (χ3n) is 3.58. The Hall–Kier alpha value is -1.76. The SMILES string of the molecule is CC(C)Oc1nc(Cl)cc(N2CCN(C(=O)OC(C)(C)C)C(C)C2)n1. The fraction of sp³-hybridized carbons (Fsp3) is 0.706. The van der Waals surface area contributed by atoms with Crippen molar-refractivity contribution in [1.29, 1.82) is 0 Å². The van der Waals surface area contributed by atoms with Crippen molar-refractivity contribution < 1.29 is 14.3 Å². The van der Waals surface area contributed by atoms with E-state index in [4.69, 9.17) is 21.1 Å². The quantitative estimate of drug-likeness (QED) is 0.760. The van der Waals surface area contributed by atoms with E-state index in [0.717, 1.165) is 0 Å². The highest BCUT2D eigenvalue weighted by molar-refractivity contribution is 6.29. The number of anilines is 1. The number of amides is 1. The maximum absolute atomic E-state index is 12.3. The van der Waals surface area contributed by atoms with E-state index in [2.05, 4.69) is 14.9 Å². The van der Waals surface area contributed by atoms with Crippen molar-refractivity contribution in [3.8, 4) is 6.01 Å². The number of carbonyl (C=O) groups excluding carboxylic acids is 1. The minimum atomic E-state index is -0.503. The second-order valence-corrected chi connectivity index (χ2v) is 7.85. The van der Waals surface area contributed by atoms with Crippen molar-refractivity contribution in [2.24, 2.45) is 0 Å². The molecule has 0 aromatic carbocycles. The minimum Gasteiger partial charge on any atom is -0.461 e. The fourth-order valence-electron chi connectivity index (χ4n) is 2.57. The van der Waals surface area contributed by atoms with Crippen LogP contribution in [0.2, 0.25) is 5.15 Å². The molecule has 2 heterocycles. The summed E-state index contributed by atoms with van der Waals surface area (Å²) in [5, 5.41) is 0.336. The van der Waals surface area contributed by atoms with Crippen LogP contribution in [0.15, 0.2) is 6.07 Å². The van der Waals surface area contributed by atoms with Gasteiger partial charge in [-0.1, -0.05) is 11.6 Å². The summed E-state index contributed by atoms with van der Waals surface area (Å²) >= 11 is 6.10. The first kappa shape index (κ1) is 19.6. The van der Waals surface area contributed by atoms with Crippen LogP contribution in [-0.4, -0.2) is 58.3 Å². The molecule has 2 rings (SSSR count). The van der Waals surface area contributed by atoms with Crippen LogP contribution in [-0.2, 0) is 4.74 Å². The van der Waals surface area contributed by atoms with Crippen molar-refractivity contribution >= 4 is 23.5 Å². The van der Waals surface area contributed by atoms with Gasteiger partial charge < -0.3 is 19.3 Å². The Bertz CT molecular complexity index is 618. The van der Waals surface area contributed by atoms with Crippen LogP contribution in [0.5, 0.6) is 6.01 Å². The topological polar surface area (TPSA) is 67.8 Å². The van der Waals surface area contributed by atoms with E-state index in [1.807, 2.05) is 41.5 Å². The lowest BCUT2D eigenvalue weighted by molar-refractivity contribution is 0.0158. The fourth-order valence-corrected chi connectivity index (χ4v) is 2.74. The standard InChI is InChI=1S/C17H27ClN4O3/c1-11(2)24-15-19-13(18)9-14(20-15)21-7-8-22(12(3)10-21)16(23)25-17(4,5)6/h9,11-12H,7-8,10H2,1-6H3. The highest BCUT2D eigenvalue weighted by atomic mass is 35.5. The van der Waals surface area contributed by atoms with Crippen LogP contribution >= 0.6 is 11.6 Å². The van der Waals surface area contributed by atoms with Crippen molar-refractivity contribution in [3.05, 3.63) is 11.2 Å². The summed E-state index contributed by atoms with van der Waals surface area (Å²) in [5.41, 5.74) is -0.503. The van der Waals surface area contributed by atoms with Gasteiger partial charge in [0, 0.05) is 31.7 Å². The van der Waals surface area contributed by atoms with Gasteiger partial charge in [0.2, 0.25) is 0 Å². The third-order valence-corrected chi connectivity index (χ3v) is 3.78. The molecule has 1 fully saturated rings. The van der Waals surface area contributed by atoms with Crippen LogP contribution in [0.4, 0.5) is 10.6 Å². The number of rotatable bonds is 3. The van der Waals surface area contributed by atoms with Gasteiger partial charge in [-0.2, -0.15) is 9.97 Å². The van der Waals surface area contributed by atoms with Crippen LogP contribution in [0.1, 0.15) is 41.5 Å². The summed E-state index contributed by atoms with van der Waals surface area (Å²) in [5.74, 6) is 0.700. The van der Waals surface area contributed by atoms with E-state index in [-0.39, 0.29) is 24.2 Å². The molecule has 25 heavy (non-hydrogen) atoms. The van der Waals surface area contributed by atoms with Gasteiger partial charge in [0.05, 0.1) is 6.10 Å². The van der Waals surface area contributed by atoms with Gasteiger partial charge in [-0.25, -0.2) is 4.79 Å². The molecule has 0 spiro atoms. The Kier molecular flexibility index (Phi) is 5.98. The Morgan fingerprint density at radius 3 is 2.56 bits per heavy atom.